The van der Waals surface area contributed by atoms with Crippen molar-refractivity contribution in [3.63, 3.8) is 0 Å². The number of hydrogen-bond acceptors (Lipinski definition) is 2. The van der Waals surface area contributed by atoms with E-state index in [1.54, 1.807) is 25.3 Å². The molecule has 2 aromatic rings. The maximum atomic E-state index is 12.2. The second-order valence-electron chi connectivity index (χ2n) is 4.29. The molecule has 0 unspecified atom stereocenters. The summed E-state index contributed by atoms with van der Waals surface area (Å²) in [5.74, 6) is 0.413. The van der Waals surface area contributed by atoms with Gasteiger partial charge in [-0.2, -0.15) is 0 Å². The monoisotopic (exact) mass is 353 g/mol. The Balaban J connectivity index is 2.25. The number of benzene rings is 2. The molecule has 0 bridgehead atoms. The Morgan fingerprint density at radius 1 is 1.25 bits per heavy atom. The normalized spacial score (nSPS) is 10.2. The van der Waals surface area contributed by atoms with Gasteiger partial charge in [0.1, 0.15) is 5.75 Å². The van der Waals surface area contributed by atoms with Crippen LogP contribution in [0.4, 0.5) is 5.69 Å². The van der Waals surface area contributed by atoms with E-state index in [0.717, 1.165) is 5.56 Å². The first-order valence-electron chi connectivity index (χ1n) is 5.92. The zero-order valence-electron chi connectivity index (χ0n) is 11.0. The largest absolute Gasteiger partial charge is 0.495 e. The summed E-state index contributed by atoms with van der Waals surface area (Å²) >= 11 is 9.21. The van der Waals surface area contributed by atoms with Gasteiger partial charge in [-0.15, -0.1) is 0 Å². The predicted molar refractivity (Wildman–Crippen MR) is 84.8 cm³/mol. The maximum absolute atomic E-state index is 12.2. The molecule has 5 heteroatoms. The number of ether oxygens (including phenoxy) is 1. The standard InChI is InChI=1S/C15H13BrClNO2/c1-9-3-6-13(14(7-9)20-2)18-15(19)10-4-5-12(17)11(16)8-10/h3-8H,1-2H3,(H,18,19). The van der Waals surface area contributed by atoms with E-state index < -0.39 is 0 Å². The van der Waals surface area contributed by atoms with E-state index in [-0.39, 0.29) is 5.91 Å². The first kappa shape index (κ1) is 14.9. The van der Waals surface area contributed by atoms with Crippen molar-refractivity contribution in [1.29, 1.82) is 0 Å². The minimum Gasteiger partial charge on any atom is -0.495 e. The van der Waals surface area contributed by atoms with Crippen LogP contribution in [0.1, 0.15) is 15.9 Å². The van der Waals surface area contributed by atoms with Crippen molar-refractivity contribution >= 4 is 39.1 Å². The number of amides is 1. The third-order valence-electron chi connectivity index (χ3n) is 2.79. The summed E-state index contributed by atoms with van der Waals surface area (Å²) in [7, 11) is 1.57. The average Bonchev–Trinajstić information content (AvgIpc) is 2.43. The van der Waals surface area contributed by atoms with E-state index in [1.807, 2.05) is 25.1 Å². The van der Waals surface area contributed by atoms with E-state index in [9.17, 15) is 4.79 Å². The van der Waals surface area contributed by atoms with Gasteiger partial charge >= 0.3 is 0 Å². The molecule has 20 heavy (non-hydrogen) atoms. The van der Waals surface area contributed by atoms with Crippen LogP contribution in [0.3, 0.4) is 0 Å². The van der Waals surface area contributed by atoms with Crippen molar-refractivity contribution in [2.45, 2.75) is 6.92 Å². The van der Waals surface area contributed by atoms with E-state index in [0.29, 0.717) is 26.5 Å². The van der Waals surface area contributed by atoms with Crippen molar-refractivity contribution in [1.82, 2.24) is 0 Å². The van der Waals surface area contributed by atoms with Gasteiger partial charge in [-0.3, -0.25) is 4.79 Å². The lowest BCUT2D eigenvalue weighted by Gasteiger charge is -2.11. The van der Waals surface area contributed by atoms with Crippen LogP contribution >= 0.6 is 27.5 Å². The molecule has 3 nitrogen and oxygen atoms in total. The zero-order chi connectivity index (χ0) is 14.7. The van der Waals surface area contributed by atoms with E-state index >= 15 is 0 Å². The molecule has 0 aliphatic rings. The van der Waals surface area contributed by atoms with E-state index in [4.69, 9.17) is 16.3 Å². The highest BCUT2D eigenvalue weighted by atomic mass is 79.9. The summed E-state index contributed by atoms with van der Waals surface area (Å²) in [6.07, 6.45) is 0. The average molecular weight is 355 g/mol. The lowest BCUT2D eigenvalue weighted by Crippen LogP contribution is -2.12. The van der Waals surface area contributed by atoms with Crippen LogP contribution in [0.25, 0.3) is 0 Å². The number of aryl methyl sites for hydroxylation is 1. The molecule has 0 atom stereocenters. The predicted octanol–water partition coefficient (Wildman–Crippen LogP) is 4.67. The van der Waals surface area contributed by atoms with Crippen molar-refractivity contribution in [2.24, 2.45) is 0 Å². The molecule has 1 amide bonds. The Kier molecular flexibility index (Phi) is 4.68. The Hall–Kier alpha value is -1.52. The van der Waals surface area contributed by atoms with Gasteiger partial charge in [-0.05, 0) is 58.7 Å². The molecule has 0 spiro atoms. The van der Waals surface area contributed by atoms with Crippen molar-refractivity contribution < 1.29 is 9.53 Å². The van der Waals surface area contributed by atoms with Gasteiger partial charge in [0.05, 0.1) is 17.8 Å². The molecule has 0 saturated heterocycles. The molecule has 0 heterocycles. The second-order valence-corrected chi connectivity index (χ2v) is 5.55. The number of rotatable bonds is 3. The van der Waals surface area contributed by atoms with Crippen LogP contribution in [-0.4, -0.2) is 13.0 Å². The summed E-state index contributed by atoms with van der Waals surface area (Å²) in [5, 5.41) is 3.39. The summed E-state index contributed by atoms with van der Waals surface area (Å²) < 4.78 is 5.94. The fraction of sp³-hybridized carbons (Fsp3) is 0.133. The van der Waals surface area contributed by atoms with Gasteiger partial charge in [-0.25, -0.2) is 0 Å². The summed E-state index contributed by atoms with van der Waals surface area (Å²) in [5.41, 5.74) is 2.21. The summed E-state index contributed by atoms with van der Waals surface area (Å²) in [6.45, 7) is 1.96. The highest BCUT2D eigenvalue weighted by molar-refractivity contribution is 9.10. The fourth-order valence-corrected chi connectivity index (χ4v) is 2.23. The Morgan fingerprint density at radius 3 is 2.65 bits per heavy atom. The Labute approximate surface area is 131 Å². The zero-order valence-corrected chi connectivity index (χ0v) is 13.4. The Morgan fingerprint density at radius 2 is 2.00 bits per heavy atom. The Bertz CT molecular complexity index is 658. The van der Waals surface area contributed by atoms with Crippen LogP contribution in [0.2, 0.25) is 5.02 Å². The van der Waals surface area contributed by atoms with Gasteiger partial charge in [0.25, 0.3) is 5.91 Å². The smallest absolute Gasteiger partial charge is 0.255 e. The molecule has 1 N–H and O–H groups in total. The third-order valence-corrected chi connectivity index (χ3v) is 4.00. The highest BCUT2D eigenvalue weighted by Crippen LogP contribution is 2.27. The number of carbonyl (C=O) groups is 1. The second kappa shape index (κ2) is 6.29. The minimum absolute atomic E-state index is 0.218. The van der Waals surface area contributed by atoms with Crippen molar-refractivity contribution in [2.75, 3.05) is 12.4 Å². The number of hydrogen-bond donors (Lipinski definition) is 1. The number of carbonyl (C=O) groups excluding carboxylic acids is 1. The van der Waals surface area contributed by atoms with Crippen LogP contribution in [0.5, 0.6) is 5.75 Å². The molecular weight excluding hydrogens is 342 g/mol. The van der Waals surface area contributed by atoms with Crippen molar-refractivity contribution in [3.05, 3.63) is 57.0 Å². The number of nitrogens with one attached hydrogen (secondary N) is 1. The number of halogens is 2. The molecule has 0 radical (unpaired) electrons. The van der Waals surface area contributed by atoms with E-state index in [2.05, 4.69) is 21.2 Å². The van der Waals surface area contributed by atoms with Crippen molar-refractivity contribution in [3.8, 4) is 5.75 Å². The quantitative estimate of drug-likeness (QED) is 0.869. The summed E-state index contributed by atoms with van der Waals surface area (Å²) in [6, 6.07) is 10.6. The first-order chi connectivity index (χ1) is 9.51. The highest BCUT2D eigenvalue weighted by Gasteiger charge is 2.11. The van der Waals surface area contributed by atoms with Gasteiger partial charge in [0.15, 0.2) is 0 Å². The number of methoxy groups -OCH3 is 1. The summed E-state index contributed by atoms with van der Waals surface area (Å²) in [4.78, 5) is 12.2. The maximum Gasteiger partial charge on any atom is 0.255 e. The lowest BCUT2D eigenvalue weighted by atomic mass is 10.2. The van der Waals surface area contributed by atoms with Crippen LogP contribution in [0.15, 0.2) is 40.9 Å². The fourth-order valence-electron chi connectivity index (χ4n) is 1.73. The number of anilines is 1. The lowest BCUT2D eigenvalue weighted by molar-refractivity contribution is 0.102. The molecule has 2 aromatic carbocycles. The molecule has 0 aliphatic carbocycles. The molecule has 0 saturated carbocycles. The SMILES string of the molecule is COc1cc(C)ccc1NC(=O)c1ccc(Cl)c(Br)c1. The topological polar surface area (TPSA) is 38.3 Å². The van der Waals surface area contributed by atoms with Crippen LogP contribution < -0.4 is 10.1 Å². The molecular formula is C15H13BrClNO2. The van der Waals surface area contributed by atoms with Gasteiger partial charge in [-0.1, -0.05) is 17.7 Å². The van der Waals surface area contributed by atoms with Crippen LogP contribution in [-0.2, 0) is 0 Å². The molecule has 0 aromatic heterocycles. The molecule has 0 fully saturated rings. The van der Waals surface area contributed by atoms with Gasteiger partial charge in [0.2, 0.25) is 0 Å². The molecule has 0 aliphatic heterocycles. The van der Waals surface area contributed by atoms with E-state index in [1.165, 1.54) is 0 Å². The minimum atomic E-state index is -0.218. The molecule has 2 rings (SSSR count). The van der Waals surface area contributed by atoms with Crippen LogP contribution in [0, 0.1) is 6.92 Å². The third kappa shape index (κ3) is 3.32. The van der Waals surface area contributed by atoms with Gasteiger partial charge < -0.3 is 10.1 Å². The first-order valence-corrected chi connectivity index (χ1v) is 7.09. The van der Waals surface area contributed by atoms with Gasteiger partial charge in [0, 0.05) is 10.0 Å². The molecule has 104 valence electrons.